The second-order valence-electron chi connectivity index (χ2n) is 7.94. The summed E-state index contributed by atoms with van der Waals surface area (Å²) < 4.78 is 6.31. The van der Waals surface area contributed by atoms with E-state index in [4.69, 9.17) is 4.74 Å². The number of halogens is 1. The highest BCUT2D eigenvalue weighted by molar-refractivity contribution is 9.10. The molecule has 0 fully saturated rings. The standard InChI is InChI=1S/C30H22BrN3O4/c31-25-15-11-22(12-16-25)29(36)33-26-17-13-23(14-18-26)30(37)34-32-20-24-8-4-5-9-27(24)38-28(35)19-10-21-6-2-1-3-7-21/h1-20H,(H,33,36)(H,34,37)/b19-10+,32-20-. The largest absolute Gasteiger partial charge is 0.423 e. The highest BCUT2D eigenvalue weighted by Gasteiger charge is 2.09. The Bertz CT molecular complexity index is 1480. The summed E-state index contributed by atoms with van der Waals surface area (Å²) in [5.41, 5.74) is 5.26. The van der Waals surface area contributed by atoms with Gasteiger partial charge in [-0.15, -0.1) is 0 Å². The normalized spacial score (nSPS) is 10.9. The molecule has 7 nitrogen and oxygen atoms in total. The molecule has 0 radical (unpaired) electrons. The monoisotopic (exact) mass is 567 g/mol. The molecule has 0 unspecified atom stereocenters. The van der Waals surface area contributed by atoms with Gasteiger partial charge in [0, 0.05) is 32.9 Å². The number of amides is 2. The summed E-state index contributed by atoms with van der Waals surface area (Å²) in [4.78, 5) is 37.1. The summed E-state index contributed by atoms with van der Waals surface area (Å²) in [6.45, 7) is 0. The van der Waals surface area contributed by atoms with Crippen LogP contribution in [-0.4, -0.2) is 24.0 Å². The van der Waals surface area contributed by atoms with Crippen molar-refractivity contribution < 1.29 is 19.1 Å². The van der Waals surface area contributed by atoms with Crippen LogP contribution < -0.4 is 15.5 Å². The van der Waals surface area contributed by atoms with Gasteiger partial charge in [-0.25, -0.2) is 10.2 Å². The quantitative estimate of drug-likeness (QED) is 0.0885. The van der Waals surface area contributed by atoms with Gasteiger partial charge >= 0.3 is 5.97 Å². The molecular weight excluding hydrogens is 546 g/mol. The van der Waals surface area contributed by atoms with E-state index in [1.807, 2.05) is 30.3 Å². The van der Waals surface area contributed by atoms with Gasteiger partial charge in [0.15, 0.2) is 0 Å². The van der Waals surface area contributed by atoms with Crippen molar-refractivity contribution in [2.24, 2.45) is 5.10 Å². The fourth-order valence-corrected chi connectivity index (χ4v) is 3.55. The molecule has 8 heteroatoms. The molecule has 0 aromatic heterocycles. The maximum absolute atomic E-state index is 12.5. The number of carbonyl (C=O) groups is 3. The summed E-state index contributed by atoms with van der Waals surface area (Å²) in [7, 11) is 0. The summed E-state index contributed by atoms with van der Waals surface area (Å²) in [6, 6.07) is 29.7. The van der Waals surface area contributed by atoms with E-state index in [0.29, 0.717) is 28.1 Å². The van der Waals surface area contributed by atoms with Crippen LogP contribution in [0, 0.1) is 0 Å². The van der Waals surface area contributed by atoms with E-state index in [9.17, 15) is 14.4 Å². The number of benzene rings is 4. The Hall–Kier alpha value is -4.82. The van der Waals surface area contributed by atoms with Crippen LogP contribution in [0.1, 0.15) is 31.8 Å². The molecule has 0 atom stereocenters. The molecule has 0 bridgehead atoms. The fraction of sp³-hybridized carbons (Fsp3) is 0. The van der Waals surface area contributed by atoms with Crippen molar-refractivity contribution in [3.63, 3.8) is 0 Å². The minimum Gasteiger partial charge on any atom is -0.423 e. The number of rotatable bonds is 8. The van der Waals surface area contributed by atoms with Crippen LogP contribution in [0.25, 0.3) is 6.08 Å². The zero-order valence-electron chi connectivity index (χ0n) is 20.0. The molecular formula is C30H22BrN3O4. The first-order valence-electron chi connectivity index (χ1n) is 11.5. The van der Waals surface area contributed by atoms with Gasteiger partial charge in [0.1, 0.15) is 5.75 Å². The average Bonchev–Trinajstić information content (AvgIpc) is 2.94. The molecule has 0 aliphatic heterocycles. The summed E-state index contributed by atoms with van der Waals surface area (Å²) in [5, 5.41) is 6.78. The molecule has 2 N–H and O–H groups in total. The lowest BCUT2D eigenvalue weighted by Crippen LogP contribution is -2.18. The second kappa shape index (κ2) is 12.9. The SMILES string of the molecule is O=C(/C=C/c1ccccc1)Oc1ccccc1/C=N\NC(=O)c1ccc(NC(=O)c2ccc(Br)cc2)cc1. The number of hydrazone groups is 1. The van der Waals surface area contributed by atoms with Crippen LogP contribution >= 0.6 is 15.9 Å². The van der Waals surface area contributed by atoms with Crippen LogP contribution in [0.4, 0.5) is 5.69 Å². The van der Waals surface area contributed by atoms with Gasteiger partial charge in [-0.3, -0.25) is 9.59 Å². The van der Waals surface area contributed by atoms with E-state index in [0.717, 1.165) is 10.0 Å². The first-order chi connectivity index (χ1) is 18.5. The molecule has 0 spiro atoms. The Morgan fingerprint density at radius 1 is 0.737 bits per heavy atom. The minimum absolute atomic E-state index is 0.255. The Kier molecular flexibility index (Phi) is 8.93. The maximum atomic E-state index is 12.5. The fourth-order valence-electron chi connectivity index (χ4n) is 3.29. The van der Waals surface area contributed by atoms with E-state index in [-0.39, 0.29) is 5.91 Å². The molecule has 0 aliphatic carbocycles. The minimum atomic E-state index is -0.536. The van der Waals surface area contributed by atoms with Crippen LogP contribution in [0.2, 0.25) is 0 Å². The zero-order valence-corrected chi connectivity index (χ0v) is 21.6. The number of hydrogen-bond donors (Lipinski definition) is 2. The van der Waals surface area contributed by atoms with Crippen LogP contribution in [0.5, 0.6) is 5.75 Å². The van der Waals surface area contributed by atoms with Crippen molar-refractivity contribution in [1.82, 2.24) is 5.43 Å². The molecule has 4 aromatic rings. The van der Waals surface area contributed by atoms with Gasteiger partial charge in [0.25, 0.3) is 11.8 Å². The zero-order chi connectivity index (χ0) is 26.7. The first-order valence-corrected chi connectivity index (χ1v) is 12.3. The third-order valence-electron chi connectivity index (χ3n) is 5.22. The lowest BCUT2D eigenvalue weighted by Gasteiger charge is -2.07. The van der Waals surface area contributed by atoms with Crippen LogP contribution in [-0.2, 0) is 4.79 Å². The Morgan fingerprint density at radius 3 is 2.11 bits per heavy atom. The molecule has 0 heterocycles. The van der Waals surface area contributed by atoms with Crippen molar-refractivity contribution in [2.45, 2.75) is 0 Å². The number of para-hydroxylation sites is 1. The number of nitrogens with zero attached hydrogens (tertiary/aromatic N) is 1. The summed E-state index contributed by atoms with van der Waals surface area (Å²) in [5.74, 6) is -0.924. The van der Waals surface area contributed by atoms with Gasteiger partial charge < -0.3 is 10.1 Å². The molecule has 4 rings (SSSR count). The molecule has 2 amide bonds. The van der Waals surface area contributed by atoms with Crippen molar-refractivity contribution in [3.8, 4) is 5.75 Å². The predicted octanol–water partition coefficient (Wildman–Crippen LogP) is 6.08. The van der Waals surface area contributed by atoms with Gasteiger partial charge in [0.2, 0.25) is 0 Å². The van der Waals surface area contributed by atoms with Crippen molar-refractivity contribution in [1.29, 1.82) is 0 Å². The number of anilines is 1. The lowest BCUT2D eigenvalue weighted by molar-refractivity contribution is -0.128. The number of nitrogens with one attached hydrogen (secondary N) is 2. The van der Waals surface area contributed by atoms with Gasteiger partial charge in [-0.1, -0.05) is 58.4 Å². The highest BCUT2D eigenvalue weighted by Crippen LogP contribution is 2.17. The topological polar surface area (TPSA) is 96.9 Å². The maximum Gasteiger partial charge on any atom is 0.336 e. The summed E-state index contributed by atoms with van der Waals surface area (Å²) >= 11 is 3.34. The number of carbonyl (C=O) groups excluding carboxylic acids is 3. The number of hydrogen-bond acceptors (Lipinski definition) is 5. The molecule has 188 valence electrons. The Morgan fingerprint density at radius 2 is 1.37 bits per heavy atom. The molecule has 0 saturated heterocycles. The Balaban J connectivity index is 1.32. The van der Waals surface area contributed by atoms with Crippen molar-refractivity contribution >= 4 is 51.7 Å². The Labute approximate surface area is 228 Å². The lowest BCUT2D eigenvalue weighted by atomic mass is 10.1. The van der Waals surface area contributed by atoms with Gasteiger partial charge in [0.05, 0.1) is 6.21 Å². The molecule has 4 aromatic carbocycles. The van der Waals surface area contributed by atoms with Crippen molar-refractivity contribution in [2.75, 3.05) is 5.32 Å². The van der Waals surface area contributed by atoms with E-state index in [1.165, 1.54) is 12.3 Å². The van der Waals surface area contributed by atoms with E-state index < -0.39 is 11.9 Å². The third kappa shape index (κ3) is 7.59. The highest BCUT2D eigenvalue weighted by atomic mass is 79.9. The smallest absolute Gasteiger partial charge is 0.336 e. The van der Waals surface area contributed by atoms with Crippen molar-refractivity contribution in [3.05, 3.63) is 136 Å². The molecule has 0 aliphatic rings. The van der Waals surface area contributed by atoms with E-state index in [2.05, 4.69) is 31.8 Å². The second-order valence-corrected chi connectivity index (χ2v) is 8.86. The van der Waals surface area contributed by atoms with Crippen LogP contribution in [0.3, 0.4) is 0 Å². The molecule has 0 saturated carbocycles. The third-order valence-corrected chi connectivity index (χ3v) is 5.75. The number of ether oxygens (including phenoxy) is 1. The average molecular weight is 568 g/mol. The predicted molar refractivity (Wildman–Crippen MR) is 151 cm³/mol. The van der Waals surface area contributed by atoms with E-state index >= 15 is 0 Å². The molecule has 38 heavy (non-hydrogen) atoms. The number of esters is 1. The summed E-state index contributed by atoms with van der Waals surface area (Å²) in [6.07, 6.45) is 4.40. The first kappa shape index (κ1) is 26.2. The van der Waals surface area contributed by atoms with Gasteiger partial charge in [-0.2, -0.15) is 5.10 Å². The van der Waals surface area contributed by atoms with E-state index in [1.54, 1.807) is 78.9 Å². The van der Waals surface area contributed by atoms with Crippen LogP contribution in [0.15, 0.2) is 119 Å². The van der Waals surface area contributed by atoms with Gasteiger partial charge in [-0.05, 0) is 72.3 Å².